The smallest absolute Gasteiger partial charge is 0.373 e. The number of ether oxygens (including phenoxy) is 1. The SMILES string of the molecule is CCOC(=O)/C(O)=C/c1ncc(CCc2ccc(F)cc2)s1.CN1CC(c2ncc(CCc3ccc(F)cc3)s2)=C(O)C1=O. The van der Waals surface area contributed by atoms with Crippen molar-refractivity contribution >= 4 is 46.2 Å². The van der Waals surface area contributed by atoms with E-state index < -0.39 is 11.7 Å². The summed E-state index contributed by atoms with van der Waals surface area (Å²) in [5.74, 6) is -2.27. The zero-order valence-corrected chi connectivity index (χ0v) is 25.8. The molecule has 0 saturated heterocycles. The van der Waals surface area contributed by atoms with Crippen LogP contribution in [0.2, 0.25) is 0 Å². The van der Waals surface area contributed by atoms with E-state index in [4.69, 9.17) is 0 Å². The Bertz CT molecular complexity index is 1650. The van der Waals surface area contributed by atoms with Crippen LogP contribution in [0.4, 0.5) is 8.78 Å². The topological polar surface area (TPSA) is 113 Å². The van der Waals surface area contributed by atoms with Gasteiger partial charge >= 0.3 is 5.97 Å². The molecular weight excluding hydrogens is 608 g/mol. The number of hydrogen-bond donors (Lipinski definition) is 2. The lowest BCUT2D eigenvalue weighted by Crippen LogP contribution is -2.21. The molecule has 0 spiro atoms. The number of aliphatic hydroxyl groups is 2. The molecule has 5 rings (SSSR count). The Kier molecular flexibility index (Phi) is 11.3. The maximum Gasteiger partial charge on any atom is 0.373 e. The second kappa shape index (κ2) is 15.3. The lowest BCUT2D eigenvalue weighted by Gasteiger charge is -2.05. The molecule has 0 saturated carbocycles. The Morgan fingerprint density at radius 3 is 2.00 bits per heavy atom. The summed E-state index contributed by atoms with van der Waals surface area (Å²) in [5.41, 5.74) is 2.70. The Morgan fingerprint density at radius 2 is 1.48 bits per heavy atom. The molecule has 2 aromatic carbocycles. The summed E-state index contributed by atoms with van der Waals surface area (Å²) in [7, 11) is 1.65. The van der Waals surface area contributed by atoms with Crippen molar-refractivity contribution in [2.45, 2.75) is 32.6 Å². The molecule has 0 bridgehead atoms. The number of aliphatic hydroxyl groups excluding tert-OH is 2. The number of hydrogen-bond acceptors (Lipinski definition) is 9. The van der Waals surface area contributed by atoms with Crippen molar-refractivity contribution in [1.82, 2.24) is 14.9 Å². The first-order chi connectivity index (χ1) is 21.1. The third-order valence-corrected chi connectivity index (χ3v) is 8.63. The molecule has 2 aromatic heterocycles. The molecule has 8 nitrogen and oxygen atoms in total. The minimum Gasteiger partial charge on any atom is -0.503 e. The van der Waals surface area contributed by atoms with Crippen molar-refractivity contribution in [2.75, 3.05) is 20.2 Å². The van der Waals surface area contributed by atoms with Crippen LogP contribution in [0.3, 0.4) is 0 Å². The molecule has 1 aliphatic heterocycles. The van der Waals surface area contributed by atoms with Gasteiger partial charge < -0.3 is 19.8 Å². The van der Waals surface area contributed by atoms with Gasteiger partial charge in [-0.25, -0.2) is 23.5 Å². The highest BCUT2D eigenvalue weighted by molar-refractivity contribution is 7.13. The van der Waals surface area contributed by atoms with Gasteiger partial charge in [0.2, 0.25) is 5.76 Å². The number of carbonyl (C=O) groups is 2. The van der Waals surface area contributed by atoms with Crippen molar-refractivity contribution in [1.29, 1.82) is 0 Å². The number of rotatable bonds is 10. The van der Waals surface area contributed by atoms with Gasteiger partial charge in [-0.1, -0.05) is 24.3 Å². The van der Waals surface area contributed by atoms with Crippen molar-refractivity contribution < 1.29 is 33.3 Å². The number of nitrogens with zero attached hydrogens (tertiary/aromatic N) is 3. The summed E-state index contributed by atoms with van der Waals surface area (Å²) in [5, 5.41) is 20.6. The van der Waals surface area contributed by atoms with Gasteiger partial charge in [0.25, 0.3) is 5.91 Å². The Morgan fingerprint density at radius 1 is 0.932 bits per heavy atom. The van der Waals surface area contributed by atoms with Gasteiger partial charge in [0.1, 0.15) is 21.6 Å². The summed E-state index contributed by atoms with van der Waals surface area (Å²) in [6.07, 6.45) is 7.90. The number of aryl methyl sites for hydroxylation is 4. The molecule has 0 fully saturated rings. The molecule has 2 N–H and O–H groups in total. The van der Waals surface area contributed by atoms with Crippen molar-refractivity contribution in [3.63, 3.8) is 0 Å². The number of amides is 1. The Balaban J connectivity index is 0.000000201. The maximum atomic E-state index is 12.9. The molecule has 230 valence electrons. The summed E-state index contributed by atoms with van der Waals surface area (Å²) in [4.78, 5) is 34.9. The van der Waals surface area contributed by atoms with Gasteiger partial charge in [0.15, 0.2) is 5.76 Å². The normalized spacial score (nSPS) is 13.2. The number of thiazole rings is 2. The summed E-state index contributed by atoms with van der Waals surface area (Å²) in [6, 6.07) is 12.8. The third-order valence-electron chi connectivity index (χ3n) is 6.51. The number of carbonyl (C=O) groups excluding carboxylic acids is 2. The average Bonchev–Trinajstić information content (AvgIpc) is 3.74. The fraction of sp³-hybridized carbons (Fsp3) is 0.250. The molecule has 4 aromatic rings. The molecule has 0 aliphatic carbocycles. The van der Waals surface area contributed by atoms with E-state index in [2.05, 4.69) is 14.7 Å². The molecule has 1 amide bonds. The number of likely N-dealkylation sites (N-methyl/N-ethyl adjacent to an activating group) is 1. The van der Waals surface area contributed by atoms with E-state index in [-0.39, 0.29) is 29.9 Å². The summed E-state index contributed by atoms with van der Waals surface area (Å²) in [6.45, 7) is 2.26. The monoisotopic (exact) mass is 639 g/mol. The number of benzene rings is 2. The highest BCUT2D eigenvalue weighted by atomic mass is 32.1. The first-order valence-corrected chi connectivity index (χ1v) is 15.4. The van der Waals surface area contributed by atoms with E-state index in [1.165, 1.54) is 57.9 Å². The van der Waals surface area contributed by atoms with E-state index in [0.717, 1.165) is 46.6 Å². The molecule has 0 radical (unpaired) electrons. The van der Waals surface area contributed by atoms with E-state index in [9.17, 15) is 28.6 Å². The van der Waals surface area contributed by atoms with Gasteiger partial charge in [-0.05, 0) is 68.0 Å². The van der Waals surface area contributed by atoms with Crippen LogP contribution < -0.4 is 0 Å². The zero-order valence-electron chi connectivity index (χ0n) is 24.1. The first kappa shape index (κ1) is 32.5. The van der Waals surface area contributed by atoms with Crippen LogP contribution in [-0.4, -0.2) is 57.2 Å². The van der Waals surface area contributed by atoms with Gasteiger partial charge in [-0.2, -0.15) is 0 Å². The van der Waals surface area contributed by atoms with Crippen LogP contribution >= 0.6 is 22.7 Å². The van der Waals surface area contributed by atoms with E-state index in [1.807, 2.05) is 0 Å². The fourth-order valence-corrected chi connectivity index (χ4v) is 5.95. The van der Waals surface area contributed by atoms with E-state index >= 15 is 0 Å². The quantitative estimate of drug-likeness (QED) is 0.118. The zero-order chi connectivity index (χ0) is 31.6. The van der Waals surface area contributed by atoms with Gasteiger partial charge in [0, 0.05) is 35.3 Å². The molecule has 0 atom stereocenters. The second-order valence-corrected chi connectivity index (χ2v) is 12.0. The highest BCUT2D eigenvalue weighted by Crippen LogP contribution is 2.29. The molecular formula is C32H31F2N3O5S2. The lowest BCUT2D eigenvalue weighted by atomic mass is 10.1. The minimum absolute atomic E-state index is 0.206. The molecule has 12 heteroatoms. The Hall–Kier alpha value is -4.42. The minimum atomic E-state index is -0.759. The number of esters is 1. The Labute approximate surface area is 261 Å². The largest absolute Gasteiger partial charge is 0.503 e. The fourth-order valence-electron chi connectivity index (χ4n) is 4.15. The van der Waals surface area contributed by atoms with Crippen LogP contribution in [0.15, 0.2) is 72.4 Å². The van der Waals surface area contributed by atoms with Gasteiger partial charge in [0.05, 0.1) is 18.7 Å². The summed E-state index contributed by atoms with van der Waals surface area (Å²) < 4.78 is 30.4. The third kappa shape index (κ3) is 9.04. The van der Waals surface area contributed by atoms with Crippen molar-refractivity contribution in [3.8, 4) is 0 Å². The van der Waals surface area contributed by atoms with Crippen LogP contribution in [0, 0.1) is 11.6 Å². The molecule has 44 heavy (non-hydrogen) atoms. The van der Waals surface area contributed by atoms with Crippen LogP contribution in [-0.2, 0) is 40.0 Å². The highest BCUT2D eigenvalue weighted by Gasteiger charge is 2.29. The number of aromatic nitrogens is 2. The average molecular weight is 640 g/mol. The predicted octanol–water partition coefficient (Wildman–Crippen LogP) is 6.34. The molecule has 3 heterocycles. The molecule has 1 aliphatic rings. The maximum absolute atomic E-state index is 12.9. The van der Waals surface area contributed by atoms with Crippen molar-refractivity contribution in [3.05, 3.63) is 115 Å². The van der Waals surface area contributed by atoms with Crippen molar-refractivity contribution in [2.24, 2.45) is 0 Å². The predicted molar refractivity (Wildman–Crippen MR) is 166 cm³/mol. The first-order valence-electron chi connectivity index (χ1n) is 13.8. The lowest BCUT2D eigenvalue weighted by molar-refractivity contribution is -0.141. The standard InChI is InChI=1S/C16H15FN2O2S.C16H16FNO3S/c1-19-9-13(14(20)16(19)21)15-18-8-12(22-15)7-4-10-2-5-11(17)6-3-10;1-2-21-16(20)14(19)9-15-18-10-13(22-15)8-5-11-3-6-12(17)7-4-11/h2-3,5-6,8,20H,4,7,9H2,1H3;3-4,6-7,9-10,19H,2,5,8H2,1H3/b;14-9-. The van der Waals surface area contributed by atoms with Crippen LogP contribution in [0.25, 0.3) is 11.6 Å². The van der Waals surface area contributed by atoms with Gasteiger partial charge in [-0.3, -0.25) is 4.79 Å². The second-order valence-electron chi connectivity index (χ2n) is 9.79. The van der Waals surface area contributed by atoms with E-state index in [0.29, 0.717) is 22.1 Å². The number of halogens is 2. The van der Waals surface area contributed by atoms with E-state index in [1.54, 1.807) is 50.6 Å². The van der Waals surface area contributed by atoms with Crippen LogP contribution in [0.5, 0.6) is 0 Å². The molecule has 0 unspecified atom stereocenters. The summed E-state index contributed by atoms with van der Waals surface area (Å²) >= 11 is 2.87. The van der Waals surface area contributed by atoms with Gasteiger partial charge in [-0.15, -0.1) is 22.7 Å². The van der Waals surface area contributed by atoms with Crippen LogP contribution in [0.1, 0.15) is 37.8 Å².